The van der Waals surface area contributed by atoms with Crippen LogP contribution >= 0.6 is 11.6 Å². The fraction of sp³-hybridized carbons (Fsp3) is 0.167. The highest BCUT2D eigenvalue weighted by Gasteiger charge is 2.06. The molecule has 2 rings (SSSR count). The van der Waals surface area contributed by atoms with Crippen molar-refractivity contribution in [1.29, 1.82) is 5.26 Å². The average molecular weight is 217 g/mol. The minimum atomic E-state index is 0.273. The quantitative estimate of drug-likeness (QED) is 0.633. The lowest BCUT2D eigenvalue weighted by Crippen LogP contribution is -1.89. The Morgan fingerprint density at radius 3 is 2.67 bits per heavy atom. The van der Waals surface area contributed by atoms with E-state index in [1.807, 2.05) is 26.0 Å². The molecule has 74 valence electrons. The number of pyridine rings is 1. The molecule has 1 aromatic carbocycles. The third-order valence-corrected chi connectivity index (χ3v) is 2.65. The molecule has 0 aliphatic carbocycles. The zero-order chi connectivity index (χ0) is 11.0. The highest BCUT2D eigenvalue weighted by Crippen LogP contribution is 2.23. The van der Waals surface area contributed by atoms with Gasteiger partial charge in [0.05, 0.1) is 11.1 Å². The van der Waals surface area contributed by atoms with E-state index in [9.17, 15) is 0 Å². The van der Waals surface area contributed by atoms with Gasteiger partial charge < -0.3 is 0 Å². The Balaban J connectivity index is 2.89. The summed E-state index contributed by atoms with van der Waals surface area (Å²) in [6, 6.07) is 7.86. The van der Waals surface area contributed by atoms with E-state index in [2.05, 4.69) is 11.1 Å². The van der Waals surface area contributed by atoms with Crippen molar-refractivity contribution in [3.63, 3.8) is 0 Å². The highest BCUT2D eigenvalue weighted by atomic mass is 35.5. The first-order chi connectivity index (χ1) is 7.11. The van der Waals surface area contributed by atoms with Crippen molar-refractivity contribution in [2.75, 3.05) is 0 Å². The molecule has 2 aromatic rings. The normalized spacial score (nSPS) is 10.3. The molecule has 3 heteroatoms. The van der Waals surface area contributed by atoms with Crippen molar-refractivity contribution in [2.45, 2.75) is 13.8 Å². The van der Waals surface area contributed by atoms with Crippen LogP contribution in [0.2, 0.25) is 5.15 Å². The van der Waals surface area contributed by atoms with Crippen molar-refractivity contribution in [2.24, 2.45) is 0 Å². The summed E-state index contributed by atoms with van der Waals surface area (Å²) in [6.07, 6.45) is 0. The lowest BCUT2D eigenvalue weighted by atomic mass is 10.1. The van der Waals surface area contributed by atoms with E-state index < -0.39 is 0 Å². The molecule has 0 saturated heterocycles. The van der Waals surface area contributed by atoms with Gasteiger partial charge in [-0.25, -0.2) is 4.98 Å². The van der Waals surface area contributed by atoms with Gasteiger partial charge >= 0.3 is 0 Å². The third-order valence-electron chi connectivity index (χ3n) is 2.36. The molecule has 0 amide bonds. The van der Waals surface area contributed by atoms with Crippen LogP contribution in [-0.4, -0.2) is 4.98 Å². The van der Waals surface area contributed by atoms with Crippen LogP contribution in [0.25, 0.3) is 10.9 Å². The van der Waals surface area contributed by atoms with E-state index in [1.54, 1.807) is 6.07 Å². The maximum Gasteiger partial charge on any atom is 0.147 e. The molecule has 0 aliphatic rings. The lowest BCUT2D eigenvalue weighted by Gasteiger charge is -2.04. The second kappa shape index (κ2) is 3.52. The SMILES string of the molecule is Cc1cc(C)c2cc(C#N)c(Cl)nc2c1. The Kier molecular flexibility index (Phi) is 2.34. The number of nitriles is 1. The zero-order valence-electron chi connectivity index (χ0n) is 8.50. The fourth-order valence-corrected chi connectivity index (χ4v) is 1.87. The summed E-state index contributed by atoms with van der Waals surface area (Å²) in [7, 11) is 0. The average Bonchev–Trinajstić information content (AvgIpc) is 2.16. The first-order valence-electron chi connectivity index (χ1n) is 4.59. The number of benzene rings is 1. The number of rotatable bonds is 0. The first kappa shape index (κ1) is 9.95. The Hall–Kier alpha value is -1.59. The molecular weight excluding hydrogens is 208 g/mol. The van der Waals surface area contributed by atoms with Crippen LogP contribution in [0, 0.1) is 25.2 Å². The van der Waals surface area contributed by atoms with Gasteiger partial charge in [-0.2, -0.15) is 5.26 Å². The summed E-state index contributed by atoms with van der Waals surface area (Å²) in [5.41, 5.74) is 3.53. The second-order valence-electron chi connectivity index (χ2n) is 3.59. The summed E-state index contributed by atoms with van der Waals surface area (Å²) in [6.45, 7) is 4.02. The number of halogens is 1. The molecule has 1 aromatic heterocycles. The van der Waals surface area contributed by atoms with Crippen molar-refractivity contribution in [3.8, 4) is 6.07 Å². The molecule has 0 bridgehead atoms. The van der Waals surface area contributed by atoms with E-state index in [0.717, 1.165) is 22.0 Å². The van der Waals surface area contributed by atoms with Crippen LogP contribution < -0.4 is 0 Å². The summed E-state index contributed by atoms with van der Waals surface area (Å²) >= 11 is 5.87. The minimum absolute atomic E-state index is 0.273. The Labute approximate surface area is 93.1 Å². The van der Waals surface area contributed by atoms with Crippen LogP contribution in [0.5, 0.6) is 0 Å². The van der Waals surface area contributed by atoms with Crippen molar-refractivity contribution in [3.05, 3.63) is 40.0 Å². The topological polar surface area (TPSA) is 36.7 Å². The lowest BCUT2D eigenvalue weighted by molar-refractivity contribution is 1.33. The summed E-state index contributed by atoms with van der Waals surface area (Å²) in [4.78, 5) is 4.21. The Morgan fingerprint density at radius 2 is 2.00 bits per heavy atom. The van der Waals surface area contributed by atoms with Crippen LogP contribution in [0.15, 0.2) is 18.2 Å². The van der Waals surface area contributed by atoms with Gasteiger partial charge in [0.25, 0.3) is 0 Å². The highest BCUT2D eigenvalue weighted by molar-refractivity contribution is 6.31. The molecule has 0 radical (unpaired) electrons. The van der Waals surface area contributed by atoms with Crippen molar-refractivity contribution < 1.29 is 0 Å². The predicted molar refractivity (Wildman–Crippen MR) is 60.9 cm³/mol. The Bertz CT molecular complexity index is 582. The summed E-state index contributed by atoms with van der Waals surface area (Å²) in [5.74, 6) is 0. The van der Waals surface area contributed by atoms with Crippen LogP contribution in [0.1, 0.15) is 16.7 Å². The summed E-state index contributed by atoms with van der Waals surface area (Å²) < 4.78 is 0. The Morgan fingerprint density at radius 1 is 1.27 bits per heavy atom. The molecule has 0 saturated carbocycles. The first-order valence-corrected chi connectivity index (χ1v) is 4.97. The van der Waals surface area contributed by atoms with E-state index in [-0.39, 0.29) is 5.15 Å². The number of aromatic nitrogens is 1. The van der Waals surface area contributed by atoms with Crippen LogP contribution in [-0.2, 0) is 0 Å². The molecule has 0 unspecified atom stereocenters. The smallest absolute Gasteiger partial charge is 0.147 e. The molecule has 15 heavy (non-hydrogen) atoms. The molecule has 0 atom stereocenters. The third kappa shape index (κ3) is 1.67. The number of nitrogens with zero attached hydrogens (tertiary/aromatic N) is 2. The van der Waals surface area contributed by atoms with E-state index >= 15 is 0 Å². The predicted octanol–water partition coefficient (Wildman–Crippen LogP) is 3.38. The number of hydrogen-bond donors (Lipinski definition) is 0. The fourth-order valence-electron chi connectivity index (χ4n) is 1.68. The van der Waals surface area contributed by atoms with Gasteiger partial charge in [0.2, 0.25) is 0 Å². The standard InChI is InChI=1S/C12H9ClN2/c1-7-3-8(2)10-5-9(6-14)12(13)15-11(10)4-7/h3-5H,1-2H3. The number of fused-ring (bicyclic) bond motifs is 1. The van der Waals surface area contributed by atoms with Gasteiger partial charge in [-0.1, -0.05) is 17.7 Å². The van der Waals surface area contributed by atoms with E-state index in [4.69, 9.17) is 16.9 Å². The van der Waals surface area contributed by atoms with Gasteiger partial charge in [0, 0.05) is 5.39 Å². The molecule has 0 fully saturated rings. The minimum Gasteiger partial charge on any atom is -0.235 e. The maximum absolute atomic E-state index is 8.85. The van der Waals surface area contributed by atoms with Crippen LogP contribution in [0.4, 0.5) is 0 Å². The monoisotopic (exact) mass is 216 g/mol. The van der Waals surface area contributed by atoms with E-state index in [0.29, 0.717) is 5.56 Å². The molecule has 2 nitrogen and oxygen atoms in total. The molecule has 0 aliphatic heterocycles. The van der Waals surface area contributed by atoms with Gasteiger partial charge in [-0.05, 0) is 37.1 Å². The van der Waals surface area contributed by atoms with E-state index in [1.165, 1.54) is 0 Å². The molecular formula is C12H9ClN2. The van der Waals surface area contributed by atoms with Gasteiger partial charge in [-0.3, -0.25) is 0 Å². The molecule has 1 heterocycles. The number of aryl methyl sites for hydroxylation is 2. The van der Waals surface area contributed by atoms with Gasteiger partial charge in [0.15, 0.2) is 0 Å². The second-order valence-corrected chi connectivity index (χ2v) is 3.95. The van der Waals surface area contributed by atoms with Crippen LogP contribution in [0.3, 0.4) is 0 Å². The molecule has 0 spiro atoms. The molecule has 0 N–H and O–H groups in total. The van der Waals surface area contributed by atoms with Gasteiger partial charge in [0.1, 0.15) is 11.2 Å². The summed E-state index contributed by atoms with van der Waals surface area (Å²) in [5, 5.41) is 10.1. The zero-order valence-corrected chi connectivity index (χ0v) is 9.26. The largest absolute Gasteiger partial charge is 0.235 e. The number of hydrogen-bond acceptors (Lipinski definition) is 2. The van der Waals surface area contributed by atoms with Crippen molar-refractivity contribution >= 4 is 22.5 Å². The maximum atomic E-state index is 8.85. The van der Waals surface area contributed by atoms with Crippen molar-refractivity contribution in [1.82, 2.24) is 4.98 Å². The van der Waals surface area contributed by atoms with Gasteiger partial charge in [-0.15, -0.1) is 0 Å².